The number of hydrogen-bond acceptors (Lipinski definition) is 5. The van der Waals surface area contributed by atoms with Crippen LogP contribution in [0, 0.1) is 6.92 Å². The monoisotopic (exact) mass is 307 g/mol. The zero-order valence-electron chi connectivity index (χ0n) is 10.4. The fourth-order valence-electron chi connectivity index (χ4n) is 2.05. The molecule has 7 heteroatoms. The van der Waals surface area contributed by atoms with E-state index < -0.39 is 10.0 Å². The molecule has 0 spiro atoms. The standard InChI is InChI=1S/C11H17NO3S3/c1-8-7-16-4-3-12(8)18(14,15)11-5-10(6-13)17-9(11)2/h5,8,13H,3-4,6-7H2,1-2H3. The zero-order chi connectivity index (χ0) is 13.3. The third-order valence-corrected chi connectivity index (χ3v) is 7.47. The molecule has 1 N–H and O–H groups in total. The first-order valence-electron chi connectivity index (χ1n) is 5.76. The summed E-state index contributed by atoms with van der Waals surface area (Å²) in [5, 5.41) is 9.10. The van der Waals surface area contributed by atoms with Crippen LogP contribution in [0.3, 0.4) is 0 Å². The number of aliphatic hydroxyl groups is 1. The van der Waals surface area contributed by atoms with Gasteiger partial charge in [-0.1, -0.05) is 0 Å². The maximum atomic E-state index is 12.6. The van der Waals surface area contributed by atoms with Gasteiger partial charge in [0, 0.05) is 33.8 Å². The Hall–Kier alpha value is -0.0800. The number of thiophene rings is 1. The second-order valence-corrected chi connectivity index (χ2v) is 8.68. The van der Waals surface area contributed by atoms with Crippen molar-refractivity contribution in [2.75, 3.05) is 18.1 Å². The van der Waals surface area contributed by atoms with Gasteiger partial charge in [-0.3, -0.25) is 0 Å². The van der Waals surface area contributed by atoms with E-state index in [1.54, 1.807) is 29.1 Å². The van der Waals surface area contributed by atoms with Crippen molar-refractivity contribution in [3.05, 3.63) is 15.8 Å². The summed E-state index contributed by atoms with van der Waals surface area (Å²) in [4.78, 5) is 1.81. The Bertz CT molecular complexity index is 524. The molecular weight excluding hydrogens is 290 g/mol. The average Bonchev–Trinajstić information content (AvgIpc) is 2.71. The molecule has 4 nitrogen and oxygen atoms in total. The van der Waals surface area contributed by atoms with Gasteiger partial charge < -0.3 is 5.11 Å². The van der Waals surface area contributed by atoms with Gasteiger partial charge in [-0.05, 0) is 19.9 Å². The highest BCUT2D eigenvalue weighted by atomic mass is 32.2. The van der Waals surface area contributed by atoms with E-state index in [2.05, 4.69) is 0 Å². The van der Waals surface area contributed by atoms with E-state index in [1.165, 1.54) is 11.3 Å². The Morgan fingerprint density at radius 1 is 1.56 bits per heavy atom. The van der Waals surface area contributed by atoms with E-state index in [0.717, 1.165) is 16.4 Å². The zero-order valence-corrected chi connectivity index (χ0v) is 12.9. The number of aliphatic hydroxyl groups excluding tert-OH is 1. The van der Waals surface area contributed by atoms with Crippen molar-refractivity contribution in [1.82, 2.24) is 4.31 Å². The summed E-state index contributed by atoms with van der Waals surface area (Å²) in [6.45, 7) is 4.20. The summed E-state index contributed by atoms with van der Waals surface area (Å²) in [6, 6.07) is 1.63. The minimum absolute atomic E-state index is 0.0330. The van der Waals surface area contributed by atoms with Crippen LogP contribution in [0.1, 0.15) is 16.7 Å². The Kier molecular flexibility index (Phi) is 4.38. The summed E-state index contributed by atoms with van der Waals surface area (Å²) in [6.07, 6.45) is 0. The highest BCUT2D eigenvalue weighted by molar-refractivity contribution is 7.99. The van der Waals surface area contributed by atoms with E-state index in [4.69, 9.17) is 5.11 Å². The fourth-order valence-corrected chi connectivity index (χ4v) is 6.37. The fraction of sp³-hybridized carbons (Fsp3) is 0.636. The van der Waals surface area contributed by atoms with Gasteiger partial charge in [0.15, 0.2) is 0 Å². The molecule has 0 aromatic carbocycles. The molecule has 1 fully saturated rings. The third kappa shape index (κ3) is 2.60. The normalized spacial score (nSPS) is 22.3. The number of hydrogen-bond donors (Lipinski definition) is 1. The molecule has 0 radical (unpaired) electrons. The quantitative estimate of drug-likeness (QED) is 0.923. The molecule has 2 heterocycles. The van der Waals surface area contributed by atoms with Crippen LogP contribution in [-0.4, -0.2) is 41.9 Å². The molecule has 102 valence electrons. The number of aryl methyl sites for hydroxylation is 1. The predicted octanol–water partition coefficient (Wildman–Crippen LogP) is 1.67. The Balaban J connectivity index is 2.37. The molecule has 18 heavy (non-hydrogen) atoms. The van der Waals surface area contributed by atoms with Crippen LogP contribution in [-0.2, 0) is 16.6 Å². The lowest BCUT2D eigenvalue weighted by molar-refractivity contribution is 0.285. The van der Waals surface area contributed by atoms with Gasteiger partial charge in [-0.25, -0.2) is 8.42 Å². The molecule has 1 aliphatic rings. The Labute approximate surface area is 116 Å². The number of thioether (sulfide) groups is 1. The summed E-state index contributed by atoms with van der Waals surface area (Å²) in [5.74, 6) is 1.69. The van der Waals surface area contributed by atoms with Crippen molar-refractivity contribution in [3.63, 3.8) is 0 Å². The first-order chi connectivity index (χ1) is 8.46. The molecule has 1 saturated heterocycles. The van der Waals surface area contributed by atoms with Crippen molar-refractivity contribution < 1.29 is 13.5 Å². The number of rotatable bonds is 3. The topological polar surface area (TPSA) is 57.6 Å². The molecule has 1 aromatic rings. The third-order valence-electron chi connectivity index (χ3n) is 2.97. The van der Waals surface area contributed by atoms with E-state index in [9.17, 15) is 8.42 Å². The molecule has 0 saturated carbocycles. The summed E-state index contributed by atoms with van der Waals surface area (Å²) in [7, 11) is -3.41. The number of nitrogens with zero attached hydrogens (tertiary/aromatic N) is 1. The number of sulfonamides is 1. The van der Waals surface area contributed by atoms with Gasteiger partial charge >= 0.3 is 0 Å². The Morgan fingerprint density at radius 2 is 2.28 bits per heavy atom. The molecule has 1 aromatic heterocycles. The van der Waals surface area contributed by atoms with Crippen molar-refractivity contribution in [1.29, 1.82) is 0 Å². The van der Waals surface area contributed by atoms with E-state index in [0.29, 0.717) is 16.3 Å². The van der Waals surface area contributed by atoms with E-state index in [1.807, 2.05) is 6.92 Å². The molecule has 0 aliphatic carbocycles. The Morgan fingerprint density at radius 3 is 2.83 bits per heavy atom. The highest BCUT2D eigenvalue weighted by Gasteiger charge is 2.33. The average molecular weight is 307 g/mol. The lowest BCUT2D eigenvalue weighted by Gasteiger charge is -2.31. The van der Waals surface area contributed by atoms with Crippen LogP contribution in [0.2, 0.25) is 0 Å². The van der Waals surface area contributed by atoms with Crippen molar-refractivity contribution in [2.45, 2.75) is 31.4 Å². The second-order valence-electron chi connectivity index (χ2n) is 4.33. The summed E-state index contributed by atoms with van der Waals surface area (Å²) < 4.78 is 26.8. The largest absolute Gasteiger partial charge is 0.391 e. The highest BCUT2D eigenvalue weighted by Crippen LogP contribution is 2.31. The maximum absolute atomic E-state index is 12.6. The molecule has 1 aliphatic heterocycles. The minimum Gasteiger partial charge on any atom is -0.391 e. The predicted molar refractivity (Wildman–Crippen MR) is 75.7 cm³/mol. The minimum atomic E-state index is -3.41. The summed E-state index contributed by atoms with van der Waals surface area (Å²) in [5.41, 5.74) is 0. The first kappa shape index (κ1) is 14.3. The van der Waals surface area contributed by atoms with Crippen LogP contribution in [0.15, 0.2) is 11.0 Å². The SMILES string of the molecule is Cc1sc(CO)cc1S(=O)(=O)N1CCSCC1C. The van der Waals surface area contributed by atoms with Gasteiger partial charge in [0.05, 0.1) is 11.5 Å². The van der Waals surface area contributed by atoms with Crippen LogP contribution in [0.25, 0.3) is 0 Å². The van der Waals surface area contributed by atoms with Crippen LogP contribution >= 0.6 is 23.1 Å². The summed E-state index contributed by atoms with van der Waals surface area (Å²) >= 11 is 3.13. The van der Waals surface area contributed by atoms with E-state index >= 15 is 0 Å². The van der Waals surface area contributed by atoms with Crippen LogP contribution < -0.4 is 0 Å². The first-order valence-corrected chi connectivity index (χ1v) is 9.17. The molecule has 1 unspecified atom stereocenters. The van der Waals surface area contributed by atoms with Crippen molar-refractivity contribution in [3.8, 4) is 0 Å². The molecule has 1 atom stereocenters. The second kappa shape index (κ2) is 5.50. The molecule has 0 amide bonds. The smallest absolute Gasteiger partial charge is 0.244 e. The van der Waals surface area contributed by atoms with E-state index in [-0.39, 0.29) is 12.6 Å². The van der Waals surface area contributed by atoms with Crippen molar-refractivity contribution in [2.24, 2.45) is 0 Å². The molecule has 0 bridgehead atoms. The maximum Gasteiger partial charge on any atom is 0.244 e. The molecule has 2 rings (SSSR count). The lowest BCUT2D eigenvalue weighted by Crippen LogP contribution is -2.44. The van der Waals surface area contributed by atoms with Gasteiger partial charge in [0.1, 0.15) is 0 Å². The lowest BCUT2D eigenvalue weighted by atomic mass is 10.4. The van der Waals surface area contributed by atoms with Crippen molar-refractivity contribution >= 4 is 33.1 Å². The van der Waals surface area contributed by atoms with Gasteiger partial charge in [-0.2, -0.15) is 16.1 Å². The van der Waals surface area contributed by atoms with Gasteiger partial charge in [-0.15, -0.1) is 11.3 Å². The van der Waals surface area contributed by atoms with Gasteiger partial charge in [0.2, 0.25) is 10.0 Å². The van der Waals surface area contributed by atoms with Crippen LogP contribution in [0.5, 0.6) is 0 Å². The molecular formula is C11H17NO3S3. The van der Waals surface area contributed by atoms with Gasteiger partial charge in [0.25, 0.3) is 0 Å². The van der Waals surface area contributed by atoms with Crippen LogP contribution in [0.4, 0.5) is 0 Å².